The van der Waals surface area contributed by atoms with Crippen molar-refractivity contribution in [2.75, 3.05) is 24.7 Å². The lowest BCUT2D eigenvalue weighted by Gasteiger charge is -2.48. The van der Waals surface area contributed by atoms with Crippen LogP contribution in [0.2, 0.25) is 0 Å². The summed E-state index contributed by atoms with van der Waals surface area (Å²) in [7, 11) is 0. The van der Waals surface area contributed by atoms with E-state index in [1.54, 1.807) is 5.41 Å². The molecule has 11 heteroatoms. The highest BCUT2D eigenvalue weighted by atomic mass is 32.2. The van der Waals surface area contributed by atoms with Gasteiger partial charge in [-0.3, -0.25) is 14.5 Å². The minimum atomic E-state index is -1.16. The van der Waals surface area contributed by atoms with Crippen molar-refractivity contribution in [2.45, 2.75) is 44.0 Å². The summed E-state index contributed by atoms with van der Waals surface area (Å²) in [6.07, 6.45) is 5.57. The number of oxime groups is 1. The Bertz CT molecular complexity index is 782. The molecule has 3 aliphatic heterocycles. The first-order valence-corrected chi connectivity index (χ1v) is 12.0. The lowest BCUT2D eigenvalue weighted by atomic mass is 10.0. The fraction of sp³-hybridized carbons (Fsp3) is 0.579. The molecule has 3 heterocycles. The number of aliphatic carboxylic acids is 1. The van der Waals surface area contributed by atoms with E-state index < -0.39 is 29.2 Å². The molecule has 164 valence electrons. The molecule has 1 fully saturated rings. The number of ether oxygens (including phenoxy) is 1. The van der Waals surface area contributed by atoms with Gasteiger partial charge in [0.15, 0.2) is 5.76 Å². The number of carboxylic acid groups (broad SMARTS) is 1. The van der Waals surface area contributed by atoms with Gasteiger partial charge < -0.3 is 20.0 Å². The molecule has 0 aliphatic carbocycles. The first-order valence-electron chi connectivity index (χ1n) is 9.88. The molecule has 0 aromatic carbocycles. The van der Waals surface area contributed by atoms with E-state index in [1.165, 1.54) is 34.5 Å². The molecule has 1 unspecified atom stereocenters. The zero-order chi connectivity index (χ0) is 21.5. The van der Waals surface area contributed by atoms with Gasteiger partial charge in [-0.05, 0) is 18.9 Å². The molecule has 1 saturated heterocycles. The number of rotatable bonds is 10. The Balaban J connectivity index is 1.65. The molecule has 0 aromatic heterocycles. The predicted octanol–water partition coefficient (Wildman–Crippen LogP) is 1.91. The van der Waals surface area contributed by atoms with Crippen LogP contribution >= 0.6 is 23.5 Å². The second-order valence-electron chi connectivity index (χ2n) is 6.81. The van der Waals surface area contributed by atoms with Crippen LogP contribution in [-0.4, -0.2) is 69.6 Å². The molecule has 0 bridgehead atoms. The van der Waals surface area contributed by atoms with Gasteiger partial charge in [-0.2, -0.15) is 0 Å². The predicted molar refractivity (Wildman–Crippen MR) is 115 cm³/mol. The highest BCUT2D eigenvalue weighted by Gasteiger charge is 2.53. The zero-order valence-corrected chi connectivity index (χ0v) is 18.3. The molecule has 3 rings (SSSR count). The maximum Gasteiger partial charge on any atom is 0.352 e. The molecule has 2 N–H and O–H groups in total. The van der Waals surface area contributed by atoms with Crippen LogP contribution in [0.1, 0.15) is 32.6 Å². The van der Waals surface area contributed by atoms with Gasteiger partial charge in [0.1, 0.15) is 23.7 Å². The number of hydrogen-bond acceptors (Lipinski definition) is 8. The van der Waals surface area contributed by atoms with Crippen LogP contribution in [0, 0.1) is 0 Å². The average Bonchev–Trinajstić information content (AvgIpc) is 2.76. The van der Waals surface area contributed by atoms with Crippen LogP contribution in [-0.2, 0) is 24.0 Å². The quantitative estimate of drug-likeness (QED) is 0.222. The number of carbonyl (C=O) groups is 3. The Morgan fingerprint density at radius 3 is 2.93 bits per heavy atom. The lowest BCUT2D eigenvalue weighted by molar-refractivity contribution is -0.150. The molecule has 3 aliphatic rings. The molecular formula is C19H25N3O6S2. The highest BCUT2D eigenvalue weighted by molar-refractivity contribution is 8.02. The minimum Gasteiger partial charge on any atom is -0.490 e. The van der Waals surface area contributed by atoms with Gasteiger partial charge >= 0.3 is 5.97 Å². The van der Waals surface area contributed by atoms with Crippen LogP contribution in [0.15, 0.2) is 28.1 Å². The monoisotopic (exact) mass is 455 g/mol. The van der Waals surface area contributed by atoms with Gasteiger partial charge in [-0.25, -0.2) is 4.79 Å². The fourth-order valence-electron chi connectivity index (χ4n) is 3.14. The first-order chi connectivity index (χ1) is 14.5. The van der Waals surface area contributed by atoms with E-state index in [0.717, 1.165) is 31.4 Å². The number of unbranched alkanes of at least 4 members (excludes halogenated alkanes) is 3. The topological polar surface area (TPSA) is 118 Å². The number of fused-ring (bicyclic) bond motifs is 1. The first kappa shape index (κ1) is 22.5. The maximum absolute atomic E-state index is 12.9. The normalized spacial score (nSPS) is 23.4. The standard InChI is InChI=1S/C19H25N3O6S2/c1-2-3-4-5-7-28-21-14(13-11-29-10-8-27-13)16(23)20-15-17(24)22-12(19(25)26)6-9-30-18(15)22/h6,11,15,18H,2-5,7-10H2,1H3,(H,20,23)(H,25,26)/b21-14+/t15?,18-/m1/s1. The van der Waals surface area contributed by atoms with Crippen molar-refractivity contribution in [3.63, 3.8) is 0 Å². The van der Waals surface area contributed by atoms with Crippen LogP contribution in [0.3, 0.4) is 0 Å². The highest BCUT2D eigenvalue weighted by Crippen LogP contribution is 2.37. The summed E-state index contributed by atoms with van der Waals surface area (Å²) < 4.78 is 5.55. The van der Waals surface area contributed by atoms with Crippen molar-refractivity contribution in [3.8, 4) is 0 Å². The van der Waals surface area contributed by atoms with Gasteiger partial charge in [0, 0.05) is 16.9 Å². The lowest BCUT2D eigenvalue weighted by Crippen LogP contribution is -2.70. The third-order valence-electron chi connectivity index (χ3n) is 4.69. The molecule has 0 radical (unpaired) electrons. The second kappa shape index (κ2) is 10.8. The van der Waals surface area contributed by atoms with E-state index in [4.69, 9.17) is 9.57 Å². The Kier molecular flexibility index (Phi) is 8.08. The molecule has 9 nitrogen and oxygen atoms in total. The Labute approximate surface area is 183 Å². The van der Waals surface area contributed by atoms with Crippen molar-refractivity contribution < 1.29 is 29.1 Å². The number of carbonyl (C=O) groups excluding carboxylic acids is 2. The minimum absolute atomic E-state index is 0.0150. The number of β-lactam (4-membered cyclic amide) rings is 1. The molecule has 30 heavy (non-hydrogen) atoms. The van der Waals surface area contributed by atoms with Crippen LogP contribution in [0.25, 0.3) is 0 Å². The summed E-state index contributed by atoms with van der Waals surface area (Å²) in [5.74, 6) is -0.660. The Hall–Kier alpha value is -2.14. The number of hydrogen-bond donors (Lipinski definition) is 2. The van der Waals surface area contributed by atoms with Gasteiger partial charge in [-0.1, -0.05) is 24.9 Å². The van der Waals surface area contributed by atoms with E-state index in [1.807, 2.05) is 0 Å². The number of carboxylic acids is 1. The summed E-state index contributed by atoms with van der Waals surface area (Å²) in [5, 5.41) is 17.2. The number of thioether (sulfide) groups is 2. The summed E-state index contributed by atoms with van der Waals surface area (Å²) in [6, 6.07) is -0.822. The van der Waals surface area contributed by atoms with Gasteiger partial charge in [0.2, 0.25) is 5.71 Å². The van der Waals surface area contributed by atoms with Crippen LogP contribution < -0.4 is 5.32 Å². The number of nitrogens with one attached hydrogen (secondary N) is 1. The third kappa shape index (κ3) is 5.12. The van der Waals surface area contributed by atoms with Crippen molar-refractivity contribution in [1.82, 2.24) is 10.2 Å². The van der Waals surface area contributed by atoms with Crippen LogP contribution in [0.5, 0.6) is 0 Å². The fourth-order valence-corrected chi connectivity index (χ4v) is 4.97. The summed E-state index contributed by atoms with van der Waals surface area (Å²) >= 11 is 2.90. The van der Waals surface area contributed by atoms with Crippen molar-refractivity contribution in [3.05, 3.63) is 22.9 Å². The molecule has 0 aromatic rings. The van der Waals surface area contributed by atoms with Gasteiger partial charge in [-0.15, -0.1) is 23.5 Å². The van der Waals surface area contributed by atoms with E-state index in [2.05, 4.69) is 17.4 Å². The SMILES string of the molecule is CCCCCCO/N=C(/C(=O)NC1C(=O)N2C(C(=O)O)=CCS[C@H]12)C1=CSCCO1. The molecule has 2 atom stereocenters. The summed E-state index contributed by atoms with van der Waals surface area (Å²) in [6.45, 7) is 2.95. The van der Waals surface area contributed by atoms with Crippen molar-refractivity contribution >= 4 is 47.0 Å². The third-order valence-corrected chi connectivity index (χ3v) is 6.66. The van der Waals surface area contributed by atoms with E-state index in [0.29, 0.717) is 24.7 Å². The van der Waals surface area contributed by atoms with Crippen LogP contribution in [0.4, 0.5) is 0 Å². The summed E-state index contributed by atoms with van der Waals surface area (Å²) in [4.78, 5) is 43.2. The molecule has 0 spiro atoms. The van der Waals surface area contributed by atoms with E-state index in [-0.39, 0.29) is 11.4 Å². The van der Waals surface area contributed by atoms with E-state index in [9.17, 15) is 19.5 Å². The van der Waals surface area contributed by atoms with E-state index >= 15 is 0 Å². The van der Waals surface area contributed by atoms with Gasteiger partial charge in [0.25, 0.3) is 11.8 Å². The molecule has 0 saturated carbocycles. The van der Waals surface area contributed by atoms with Crippen molar-refractivity contribution in [2.24, 2.45) is 5.16 Å². The average molecular weight is 456 g/mol. The van der Waals surface area contributed by atoms with Gasteiger partial charge in [0.05, 0.1) is 6.61 Å². The Morgan fingerprint density at radius 1 is 1.40 bits per heavy atom. The number of amides is 2. The largest absolute Gasteiger partial charge is 0.490 e. The smallest absolute Gasteiger partial charge is 0.352 e. The zero-order valence-electron chi connectivity index (χ0n) is 16.7. The van der Waals surface area contributed by atoms with Crippen molar-refractivity contribution in [1.29, 1.82) is 0 Å². The second-order valence-corrected chi connectivity index (χ2v) is 8.94. The molecule has 2 amide bonds. The molecular weight excluding hydrogens is 430 g/mol. The summed E-state index contributed by atoms with van der Waals surface area (Å²) in [5.41, 5.74) is -0.0629. The maximum atomic E-state index is 12.9. The number of nitrogens with zero attached hydrogens (tertiary/aromatic N) is 2. The Morgan fingerprint density at radius 2 is 2.23 bits per heavy atom.